The van der Waals surface area contributed by atoms with Crippen LogP contribution in [0.1, 0.15) is 55.5 Å². The molecule has 0 radical (unpaired) electrons. The van der Waals surface area contributed by atoms with Crippen LogP contribution in [0.2, 0.25) is 0 Å². The molecule has 1 saturated carbocycles. The first-order chi connectivity index (χ1) is 13.6. The fourth-order valence-corrected chi connectivity index (χ4v) is 5.45. The predicted octanol–water partition coefficient (Wildman–Crippen LogP) is 5.39. The van der Waals surface area contributed by atoms with Crippen LogP contribution in [0.3, 0.4) is 0 Å². The molecule has 0 unspecified atom stereocenters. The number of carbonyl (C=O) groups is 1. The minimum Gasteiger partial charge on any atom is -0.356 e. The van der Waals surface area contributed by atoms with Crippen LogP contribution in [0.4, 0.5) is 11.4 Å². The van der Waals surface area contributed by atoms with E-state index in [2.05, 4.69) is 54.4 Å². The Morgan fingerprint density at radius 1 is 1.11 bits per heavy atom. The first-order valence-electron chi connectivity index (χ1n) is 10.8. The maximum atomic E-state index is 13.6. The summed E-state index contributed by atoms with van der Waals surface area (Å²) >= 11 is 0. The molecule has 0 spiro atoms. The quantitative estimate of drug-likeness (QED) is 0.778. The molecule has 2 fully saturated rings. The first-order valence-corrected chi connectivity index (χ1v) is 10.8. The minimum absolute atomic E-state index is 0.0496. The highest BCUT2D eigenvalue weighted by Crippen LogP contribution is 2.49. The number of ketones is 1. The van der Waals surface area contributed by atoms with Gasteiger partial charge in [-0.3, -0.25) is 9.69 Å². The van der Waals surface area contributed by atoms with Crippen LogP contribution in [-0.2, 0) is 5.41 Å². The van der Waals surface area contributed by atoms with Gasteiger partial charge in [-0.15, -0.1) is 0 Å². The molecule has 1 saturated heterocycles. The zero-order valence-electron chi connectivity index (χ0n) is 16.9. The molecule has 2 aromatic carbocycles. The van der Waals surface area contributed by atoms with Crippen molar-refractivity contribution in [1.29, 1.82) is 0 Å². The summed E-state index contributed by atoms with van der Waals surface area (Å²) in [4.78, 5) is 16.1. The number of carbonyl (C=O) groups excluding carboxylic acids is 1. The van der Waals surface area contributed by atoms with Crippen LogP contribution in [0, 0.1) is 11.8 Å². The molecule has 3 atom stereocenters. The van der Waals surface area contributed by atoms with Crippen molar-refractivity contribution < 1.29 is 4.79 Å². The summed E-state index contributed by atoms with van der Waals surface area (Å²) in [5.41, 5.74) is 4.41. The number of rotatable bonds is 4. The third-order valence-corrected chi connectivity index (χ3v) is 7.43. The second-order valence-corrected chi connectivity index (χ2v) is 9.31. The molecule has 1 aliphatic heterocycles. The fraction of sp³-hybridized carbons (Fsp3) is 0.480. The smallest absolute Gasteiger partial charge is 0.180 e. The number of nitrogens with zero attached hydrogens (tertiary/aromatic N) is 1. The zero-order chi connectivity index (χ0) is 19.3. The number of hydrogen-bond acceptors (Lipinski definition) is 3. The molecule has 1 heterocycles. The van der Waals surface area contributed by atoms with Crippen molar-refractivity contribution in [2.75, 3.05) is 18.4 Å². The van der Waals surface area contributed by atoms with Gasteiger partial charge in [-0.25, -0.2) is 0 Å². The third kappa shape index (κ3) is 2.97. The van der Waals surface area contributed by atoms with E-state index >= 15 is 0 Å². The third-order valence-electron chi connectivity index (χ3n) is 7.43. The standard InChI is InChI=1S/C25H30N2O/c1-17-23-24(28)21-12-11-20(26-19-7-4-3-5-8-19)15-22(21)25(17,2)13-6-14-27(23)16-18-9-10-18/h3-5,7-8,11-12,15,17-18,23,26H,6,9-10,13-14,16H2,1-2H3/t17-,23-,25-/m0/s1. The molecule has 2 aliphatic carbocycles. The average molecular weight is 375 g/mol. The molecular formula is C25H30N2O. The Labute approximate surface area is 168 Å². The van der Waals surface area contributed by atoms with Crippen molar-refractivity contribution in [3.63, 3.8) is 0 Å². The molecule has 2 aromatic rings. The fourth-order valence-electron chi connectivity index (χ4n) is 5.45. The van der Waals surface area contributed by atoms with Gasteiger partial charge in [0.15, 0.2) is 5.78 Å². The molecule has 28 heavy (non-hydrogen) atoms. The van der Waals surface area contributed by atoms with Gasteiger partial charge in [-0.1, -0.05) is 32.0 Å². The molecule has 3 nitrogen and oxygen atoms in total. The second-order valence-electron chi connectivity index (χ2n) is 9.31. The molecule has 1 N–H and O–H groups in total. The summed E-state index contributed by atoms with van der Waals surface area (Å²) in [5, 5.41) is 3.51. The van der Waals surface area contributed by atoms with Crippen molar-refractivity contribution in [2.45, 2.75) is 51.0 Å². The van der Waals surface area contributed by atoms with Crippen LogP contribution in [0.15, 0.2) is 48.5 Å². The van der Waals surface area contributed by atoms with Gasteiger partial charge in [0.1, 0.15) is 0 Å². The molecule has 3 aliphatic rings. The Morgan fingerprint density at radius 3 is 2.64 bits per heavy atom. The normalized spacial score (nSPS) is 29.9. The molecule has 5 rings (SSSR count). The number of para-hydroxylation sites is 1. The maximum absolute atomic E-state index is 13.6. The van der Waals surface area contributed by atoms with Gasteiger partial charge >= 0.3 is 0 Å². The van der Waals surface area contributed by atoms with Crippen LogP contribution < -0.4 is 5.32 Å². The lowest BCUT2D eigenvalue weighted by atomic mass is 9.61. The maximum Gasteiger partial charge on any atom is 0.180 e. The number of fused-ring (bicyclic) bond motifs is 4. The van der Waals surface area contributed by atoms with Gasteiger partial charge in [0.2, 0.25) is 0 Å². The van der Waals surface area contributed by atoms with Crippen molar-refractivity contribution in [3.8, 4) is 0 Å². The number of hydrogen-bond donors (Lipinski definition) is 1. The Bertz CT molecular complexity index is 889. The van der Waals surface area contributed by atoms with Crippen molar-refractivity contribution in [1.82, 2.24) is 4.90 Å². The first kappa shape index (κ1) is 17.9. The van der Waals surface area contributed by atoms with E-state index in [9.17, 15) is 4.79 Å². The molecule has 146 valence electrons. The topological polar surface area (TPSA) is 32.3 Å². The van der Waals surface area contributed by atoms with E-state index < -0.39 is 0 Å². The Balaban J connectivity index is 1.53. The van der Waals surface area contributed by atoms with Gasteiger partial charge in [0, 0.05) is 23.5 Å². The number of benzene rings is 2. The molecular weight excluding hydrogens is 344 g/mol. The molecule has 2 bridgehead atoms. The summed E-state index contributed by atoms with van der Waals surface area (Å²) in [6.45, 7) is 6.88. The van der Waals surface area contributed by atoms with E-state index in [1.807, 2.05) is 18.2 Å². The van der Waals surface area contributed by atoms with E-state index in [1.54, 1.807) is 0 Å². The van der Waals surface area contributed by atoms with Crippen LogP contribution in [0.5, 0.6) is 0 Å². The van der Waals surface area contributed by atoms with Gasteiger partial charge in [0.05, 0.1) is 6.04 Å². The van der Waals surface area contributed by atoms with E-state index in [-0.39, 0.29) is 11.5 Å². The Morgan fingerprint density at radius 2 is 1.89 bits per heavy atom. The molecule has 3 heteroatoms. The predicted molar refractivity (Wildman–Crippen MR) is 114 cm³/mol. The highest BCUT2D eigenvalue weighted by molar-refractivity contribution is 6.04. The van der Waals surface area contributed by atoms with E-state index in [0.29, 0.717) is 11.7 Å². The van der Waals surface area contributed by atoms with Gasteiger partial charge in [-0.2, -0.15) is 0 Å². The molecule has 0 aromatic heterocycles. The van der Waals surface area contributed by atoms with Crippen LogP contribution >= 0.6 is 0 Å². The monoisotopic (exact) mass is 374 g/mol. The van der Waals surface area contributed by atoms with Gasteiger partial charge < -0.3 is 5.32 Å². The van der Waals surface area contributed by atoms with Crippen molar-refractivity contribution in [2.24, 2.45) is 11.8 Å². The zero-order valence-corrected chi connectivity index (χ0v) is 16.9. The van der Waals surface area contributed by atoms with Crippen molar-refractivity contribution >= 4 is 17.2 Å². The SMILES string of the molecule is C[C@H]1[C@H]2C(=O)c3ccc(Nc4ccccc4)cc3[C@@]1(C)CCCN2CC1CC1. The average Bonchev–Trinajstić information content (AvgIpc) is 3.52. The van der Waals surface area contributed by atoms with E-state index in [1.165, 1.54) is 24.8 Å². The number of likely N-dealkylation sites (tertiary alicyclic amines) is 1. The second kappa shape index (κ2) is 6.73. The lowest BCUT2D eigenvalue weighted by molar-refractivity contribution is 0.0642. The highest BCUT2D eigenvalue weighted by atomic mass is 16.1. The summed E-state index contributed by atoms with van der Waals surface area (Å²) in [7, 11) is 0. The number of anilines is 2. The number of Topliss-reactive ketones (excluding diaryl/α,β-unsaturated/α-hetero) is 1. The largest absolute Gasteiger partial charge is 0.356 e. The summed E-state index contributed by atoms with van der Waals surface area (Å²) < 4.78 is 0. The highest BCUT2D eigenvalue weighted by Gasteiger charge is 2.51. The van der Waals surface area contributed by atoms with E-state index in [4.69, 9.17) is 0 Å². The summed E-state index contributed by atoms with van der Waals surface area (Å²) in [5.74, 6) is 1.51. The molecule has 0 amide bonds. The van der Waals surface area contributed by atoms with E-state index in [0.717, 1.165) is 42.4 Å². The lowest BCUT2D eigenvalue weighted by Gasteiger charge is -2.46. The van der Waals surface area contributed by atoms with Crippen molar-refractivity contribution in [3.05, 3.63) is 59.7 Å². The number of nitrogens with one attached hydrogen (secondary N) is 1. The Kier molecular flexibility index (Phi) is 4.31. The van der Waals surface area contributed by atoms with Crippen LogP contribution in [0.25, 0.3) is 0 Å². The minimum atomic E-state index is 0.0496. The van der Waals surface area contributed by atoms with Gasteiger partial charge in [0.25, 0.3) is 0 Å². The van der Waals surface area contributed by atoms with Gasteiger partial charge in [-0.05, 0) is 85.4 Å². The lowest BCUT2D eigenvalue weighted by Crippen LogP contribution is -2.53. The summed E-state index contributed by atoms with van der Waals surface area (Å²) in [6, 6.07) is 16.7. The summed E-state index contributed by atoms with van der Waals surface area (Å²) in [6.07, 6.45) is 5.01. The Hall–Kier alpha value is -2.13. The van der Waals surface area contributed by atoms with Crippen LogP contribution in [-0.4, -0.2) is 29.8 Å².